The van der Waals surface area contributed by atoms with Gasteiger partial charge in [0, 0.05) is 31.6 Å². The van der Waals surface area contributed by atoms with Crippen LogP contribution in [-0.2, 0) is 14.1 Å². The number of hydrogen-bond acceptors (Lipinski definition) is 4. The first-order chi connectivity index (χ1) is 10.3. The lowest BCUT2D eigenvalue weighted by Gasteiger charge is -2.32. The molecule has 0 aliphatic carbocycles. The van der Waals surface area contributed by atoms with Crippen LogP contribution in [0, 0.1) is 0 Å². The molecule has 3 rings (SSSR count). The van der Waals surface area contributed by atoms with Crippen molar-refractivity contribution in [2.24, 2.45) is 0 Å². The molecule has 4 nitrogen and oxygen atoms in total. The topological polar surface area (TPSA) is 38.8 Å². The van der Waals surface area contributed by atoms with E-state index in [1.165, 1.54) is 0 Å². The van der Waals surface area contributed by atoms with Gasteiger partial charge in [0.25, 0.3) is 0 Å². The molecule has 22 heavy (non-hydrogen) atoms. The van der Waals surface area contributed by atoms with Crippen molar-refractivity contribution in [2.75, 3.05) is 18.0 Å². The Morgan fingerprint density at radius 3 is 2.23 bits per heavy atom. The van der Waals surface area contributed by atoms with E-state index >= 15 is 0 Å². The zero-order valence-corrected chi connectivity index (χ0v) is 13.9. The van der Waals surface area contributed by atoms with Crippen LogP contribution in [0.2, 0.25) is 0 Å². The van der Waals surface area contributed by atoms with E-state index in [0.717, 1.165) is 24.2 Å². The van der Waals surface area contributed by atoms with E-state index in [-0.39, 0.29) is 18.3 Å². The molecule has 118 valence electrons. The van der Waals surface area contributed by atoms with E-state index < -0.39 is 0 Å². The summed E-state index contributed by atoms with van der Waals surface area (Å²) >= 11 is 0. The Labute approximate surface area is 132 Å². The average molecular weight is 301 g/mol. The number of rotatable bonds is 2. The summed E-state index contributed by atoms with van der Waals surface area (Å²) in [4.78, 5) is 13.7. The average Bonchev–Trinajstić information content (AvgIpc) is 2.68. The second-order valence-corrected chi connectivity index (χ2v) is 7.21. The van der Waals surface area contributed by atoms with E-state index in [1.54, 1.807) is 0 Å². The number of Topliss-reactive ketones (excluding diaryl/α,β-unsaturated/α-hetero) is 1. The number of ketones is 1. The van der Waals surface area contributed by atoms with Crippen molar-refractivity contribution in [2.45, 2.75) is 51.7 Å². The van der Waals surface area contributed by atoms with Crippen molar-refractivity contribution in [3.05, 3.63) is 24.3 Å². The first-order valence-corrected chi connectivity index (χ1v) is 8.01. The second kappa shape index (κ2) is 5.39. The zero-order chi connectivity index (χ0) is 16.0. The highest BCUT2D eigenvalue weighted by molar-refractivity contribution is 6.62. The minimum atomic E-state index is -0.337. The lowest BCUT2D eigenvalue weighted by molar-refractivity contribution is -0.119. The van der Waals surface area contributed by atoms with Gasteiger partial charge in [-0.15, -0.1) is 0 Å². The molecule has 1 aromatic rings. The summed E-state index contributed by atoms with van der Waals surface area (Å²) in [6, 6.07) is 8.29. The van der Waals surface area contributed by atoms with Gasteiger partial charge in [-0.2, -0.15) is 0 Å². The molecular formula is C17H24BNO3. The Hall–Kier alpha value is -1.33. The largest absolute Gasteiger partial charge is 0.494 e. The van der Waals surface area contributed by atoms with Gasteiger partial charge in [-0.05, 0) is 45.3 Å². The third-order valence-corrected chi connectivity index (χ3v) is 5.08. The zero-order valence-electron chi connectivity index (χ0n) is 13.9. The summed E-state index contributed by atoms with van der Waals surface area (Å²) < 4.78 is 12.2. The Balaban J connectivity index is 1.79. The molecule has 0 spiro atoms. The van der Waals surface area contributed by atoms with E-state index in [0.29, 0.717) is 18.6 Å². The van der Waals surface area contributed by atoms with Gasteiger partial charge in [-0.3, -0.25) is 4.79 Å². The van der Waals surface area contributed by atoms with Crippen molar-refractivity contribution in [3.63, 3.8) is 0 Å². The van der Waals surface area contributed by atoms with Gasteiger partial charge >= 0.3 is 7.12 Å². The Morgan fingerprint density at radius 2 is 1.64 bits per heavy atom. The molecular weight excluding hydrogens is 277 g/mol. The lowest BCUT2D eigenvalue weighted by Crippen LogP contribution is -2.41. The van der Waals surface area contributed by atoms with Gasteiger partial charge in [0.05, 0.1) is 11.2 Å². The molecule has 2 aliphatic heterocycles. The molecule has 2 saturated heterocycles. The first-order valence-electron chi connectivity index (χ1n) is 8.01. The van der Waals surface area contributed by atoms with Crippen LogP contribution in [0.25, 0.3) is 0 Å². The van der Waals surface area contributed by atoms with E-state index in [1.807, 2.05) is 12.1 Å². The summed E-state index contributed by atoms with van der Waals surface area (Å²) in [6.45, 7) is 9.84. The van der Waals surface area contributed by atoms with Gasteiger partial charge in [0.1, 0.15) is 5.78 Å². The third-order valence-electron chi connectivity index (χ3n) is 5.08. The van der Waals surface area contributed by atoms with Crippen molar-refractivity contribution in [1.29, 1.82) is 0 Å². The van der Waals surface area contributed by atoms with Crippen molar-refractivity contribution < 1.29 is 14.1 Å². The Morgan fingerprint density at radius 1 is 1.05 bits per heavy atom. The monoisotopic (exact) mass is 301 g/mol. The number of nitrogens with zero attached hydrogens (tertiary/aromatic N) is 1. The van der Waals surface area contributed by atoms with Crippen LogP contribution < -0.4 is 10.4 Å². The summed E-state index contributed by atoms with van der Waals surface area (Å²) in [5.41, 5.74) is 1.52. The predicted molar refractivity (Wildman–Crippen MR) is 88.6 cm³/mol. The molecule has 0 N–H and O–H groups in total. The number of piperidine rings is 1. The Bertz CT molecular complexity index is 559. The number of carbonyl (C=O) groups excluding carboxylic acids is 1. The number of anilines is 1. The summed E-state index contributed by atoms with van der Waals surface area (Å²) in [7, 11) is -0.337. The highest BCUT2D eigenvalue weighted by Crippen LogP contribution is 2.36. The molecule has 0 bridgehead atoms. The number of benzene rings is 1. The molecule has 2 fully saturated rings. The normalized spacial score (nSPS) is 23.9. The molecule has 0 atom stereocenters. The highest BCUT2D eigenvalue weighted by atomic mass is 16.7. The first kappa shape index (κ1) is 15.6. The minimum absolute atomic E-state index is 0.328. The molecule has 0 radical (unpaired) electrons. The number of carbonyl (C=O) groups is 1. The minimum Gasteiger partial charge on any atom is -0.399 e. The quantitative estimate of drug-likeness (QED) is 0.785. The molecule has 2 aliphatic rings. The van der Waals surface area contributed by atoms with Crippen molar-refractivity contribution >= 4 is 24.1 Å². The van der Waals surface area contributed by atoms with Crippen LogP contribution in [0.3, 0.4) is 0 Å². The van der Waals surface area contributed by atoms with Gasteiger partial charge in [0.2, 0.25) is 0 Å². The van der Waals surface area contributed by atoms with E-state index in [9.17, 15) is 4.79 Å². The standard InChI is InChI=1S/C17H24BNO3/c1-16(2)17(3,4)22-18(21-16)13-6-5-7-14(12-13)19-10-8-15(20)9-11-19/h5-7,12H,8-11H2,1-4H3. The third kappa shape index (κ3) is 2.80. The molecule has 0 unspecified atom stereocenters. The van der Waals surface area contributed by atoms with E-state index in [2.05, 4.69) is 44.7 Å². The van der Waals surface area contributed by atoms with Crippen molar-refractivity contribution in [3.8, 4) is 0 Å². The summed E-state index contributed by atoms with van der Waals surface area (Å²) in [6.07, 6.45) is 1.28. The van der Waals surface area contributed by atoms with E-state index in [4.69, 9.17) is 9.31 Å². The lowest BCUT2D eigenvalue weighted by atomic mass is 9.79. The molecule has 1 aromatic carbocycles. The fourth-order valence-electron chi connectivity index (χ4n) is 2.86. The molecule has 0 saturated carbocycles. The van der Waals surface area contributed by atoms with Crippen LogP contribution in [-0.4, -0.2) is 37.2 Å². The molecule has 0 aromatic heterocycles. The predicted octanol–water partition coefficient (Wildman–Crippen LogP) is 2.16. The van der Waals surface area contributed by atoms with Crippen LogP contribution in [0.4, 0.5) is 5.69 Å². The van der Waals surface area contributed by atoms with Crippen LogP contribution in [0.15, 0.2) is 24.3 Å². The maximum atomic E-state index is 11.4. The van der Waals surface area contributed by atoms with Crippen LogP contribution in [0.1, 0.15) is 40.5 Å². The number of hydrogen-bond donors (Lipinski definition) is 0. The second-order valence-electron chi connectivity index (χ2n) is 7.21. The smallest absolute Gasteiger partial charge is 0.399 e. The van der Waals surface area contributed by atoms with Gasteiger partial charge in [0.15, 0.2) is 0 Å². The van der Waals surface area contributed by atoms with Gasteiger partial charge < -0.3 is 14.2 Å². The summed E-state index contributed by atoms with van der Waals surface area (Å²) in [5.74, 6) is 0.360. The molecule has 0 amide bonds. The van der Waals surface area contributed by atoms with Crippen molar-refractivity contribution in [1.82, 2.24) is 0 Å². The molecule has 5 heteroatoms. The summed E-state index contributed by atoms with van der Waals surface area (Å²) in [5, 5.41) is 0. The fourth-order valence-corrected chi connectivity index (χ4v) is 2.86. The fraction of sp³-hybridized carbons (Fsp3) is 0.588. The maximum Gasteiger partial charge on any atom is 0.494 e. The Kier molecular flexibility index (Phi) is 3.81. The van der Waals surface area contributed by atoms with Gasteiger partial charge in [-0.25, -0.2) is 0 Å². The molecule has 2 heterocycles. The maximum absolute atomic E-state index is 11.4. The van der Waals surface area contributed by atoms with Crippen LogP contribution >= 0.6 is 0 Å². The highest BCUT2D eigenvalue weighted by Gasteiger charge is 2.51. The van der Waals surface area contributed by atoms with Crippen LogP contribution in [0.5, 0.6) is 0 Å². The SMILES string of the molecule is CC1(C)OB(c2cccc(N3CCC(=O)CC3)c2)OC1(C)C. The van der Waals surface area contributed by atoms with Gasteiger partial charge in [-0.1, -0.05) is 12.1 Å².